The molecule has 0 fully saturated rings. The molecular formula is C8H4ClN3O2. The average molecular weight is 210 g/mol. The molecule has 0 aliphatic carbocycles. The van der Waals surface area contributed by atoms with Gasteiger partial charge in [0.05, 0.1) is 16.6 Å². The van der Waals surface area contributed by atoms with Crippen LogP contribution in [-0.4, -0.2) is 14.9 Å². The second-order valence-corrected chi connectivity index (χ2v) is 2.98. The van der Waals surface area contributed by atoms with Crippen molar-refractivity contribution < 1.29 is 4.92 Å². The van der Waals surface area contributed by atoms with E-state index in [1.165, 1.54) is 12.3 Å². The van der Waals surface area contributed by atoms with Crippen LogP contribution in [-0.2, 0) is 0 Å². The zero-order valence-electron chi connectivity index (χ0n) is 6.85. The highest BCUT2D eigenvalue weighted by atomic mass is 35.5. The monoisotopic (exact) mass is 209 g/mol. The van der Waals surface area contributed by atoms with Gasteiger partial charge in [-0.2, -0.15) is 0 Å². The minimum atomic E-state index is -0.507. The zero-order valence-corrected chi connectivity index (χ0v) is 7.60. The summed E-state index contributed by atoms with van der Waals surface area (Å²) < 4.78 is 0. The minimum absolute atomic E-state index is 0.0856. The van der Waals surface area contributed by atoms with Gasteiger partial charge in [0.25, 0.3) is 5.69 Å². The summed E-state index contributed by atoms with van der Waals surface area (Å²) in [6, 6.07) is 4.57. The molecule has 0 unspecified atom stereocenters. The summed E-state index contributed by atoms with van der Waals surface area (Å²) in [6.07, 6.45) is 1.35. The van der Waals surface area contributed by atoms with Crippen LogP contribution >= 0.6 is 11.6 Å². The first-order chi connectivity index (χ1) is 6.68. The Bertz CT molecular complexity index is 515. The molecule has 0 N–H and O–H groups in total. The third kappa shape index (κ3) is 1.38. The van der Waals surface area contributed by atoms with Crippen molar-refractivity contribution in [3.63, 3.8) is 0 Å². The summed E-state index contributed by atoms with van der Waals surface area (Å²) in [5, 5.41) is 10.8. The molecule has 1 aromatic carbocycles. The van der Waals surface area contributed by atoms with E-state index in [4.69, 9.17) is 11.6 Å². The van der Waals surface area contributed by atoms with Crippen LogP contribution in [0.5, 0.6) is 0 Å². The Hall–Kier alpha value is -1.75. The molecule has 70 valence electrons. The highest BCUT2D eigenvalue weighted by Crippen LogP contribution is 2.22. The number of aromatic nitrogens is 2. The van der Waals surface area contributed by atoms with Crippen molar-refractivity contribution in [2.45, 2.75) is 0 Å². The van der Waals surface area contributed by atoms with Crippen molar-refractivity contribution in [1.82, 2.24) is 9.97 Å². The molecule has 0 saturated carbocycles. The van der Waals surface area contributed by atoms with Crippen molar-refractivity contribution in [1.29, 1.82) is 0 Å². The minimum Gasteiger partial charge on any atom is -0.258 e. The Morgan fingerprint density at radius 3 is 2.93 bits per heavy atom. The Balaban J connectivity index is 2.84. The van der Waals surface area contributed by atoms with Gasteiger partial charge in [0.15, 0.2) is 5.52 Å². The van der Waals surface area contributed by atoms with E-state index < -0.39 is 4.92 Å². The molecular weight excluding hydrogens is 206 g/mol. The van der Waals surface area contributed by atoms with E-state index in [1.807, 2.05) is 0 Å². The number of nitro groups is 1. The largest absolute Gasteiger partial charge is 0.297 e. The van der Waals surface area contributed by atoms with E-state index in [0.29, 0.717) is 5.52 Å². The van der Waals surface area contributed by atoms with E-state index in [1.54, 1.807) is 12.1 Å². The molecule has 1 heterocycles. The van der Waals surface area contributed by atoms with Gasteiger partial charge < -0.3 is 0 Å². The first-order valence-corrected chi connectivity index (χ1v) is 4.12. The lowest BCUT2D eigenvalue weighted by Gasteiger charge is -1.97. The van der Waals surface area contributed by atoms with Crippen LogP contribution in [0.25, 0.3) is 11.0 Å². The van der Waals surface area contributed by atoms with E-state index in [9.17, 15) is 10.1 Å². The normalized spacial score (nSPS) is 10.4. The topological polar surface area (TPSA) is 68.9 Å². The van der Waals surface area contributed by atoms with E-state index in [0.717, 1.165) is 0 Å². The van der Waals surface area contributed by atoms with Crippen LogP contribution in [0.2, 0.25) is 5.15 Å². The van der Waals surface area contributed by atoms with Gasteiger partial charge in [-0.1, -0.05) is 17.7 Å². The van der Waals surface area contributed by atoms with E-state index >= 15 is 0 Å². The smallest absolute Gasteiger partial charge is 0.258 e. The Labute approximate surface area is 83.5 Å². The second kappa shape index (κ2) is 3.19. The number of fused-ring (bicyclic) bond motifs is 1. The maximum atomic E-state index is 10.6. The van der Waals surface area contributed by atoms with Gasteiger partial charge in [-0.15, -0.1) is 0 Å². The molecule has 0 aliphatic rings. The van der Waals surface area contributed by atoms with Crippen molar-refractivity contribution in [2.75, 3.05) is 0 Å². The molecule has 1 aromatic heterocycles. The molecule has 2 rings (SSSR count). The Morgan fingerprint density at radius 2 is 2.21 bits per heavy atom. The van der Waals surface area contributed by atoms with Crippen LogP contribution in [0.15, 0.2) is 24.4 Å². The standard InChI is InChI=1S/C8H4ClN3O2/c9-7-4-10-5-2-1-3-6(12(13)14)8(5)11-7/h1-4H. The van der Waals surface area contributed by atoms with E-state index in [2.05, 4.69) is 9.97 Å². The molecule has 0 atom stereocenters. The SMILES string of the molecule is O=[N+]([O-])c1cccc2ncc(Cl)nc12. The van der Waals surface area contributed by atoms with Gasteiger partial charge in [-0.3, -0.25) is 15.1 Å². The second-order valence-electron chi connectivity index (χ2n) is 2.59. The number of benzene rings is 1. The number of nitro benzene ring substituents is 1. The van der Waals surface area contributed by atoms with Crippen LogP contribution in [0.3, 0.4) is 0 Å². The fraction of sp³-hybridized carbons (Fsp3) is 0. The number of halogens is 1. The predicted molar refractivity (Wildman–Crippen MR) is 51.2 cm³/mol. The van der Waals surface area contributed by atoms with Crippen molar-refractivity contribution in [3.05, 3.63) is 39.7 Å². The summed E-state index contributed by atoms with van der Waals surface area (Å²) in [7, 11) is 0. The van der Waals surface area contributed by atoms with Gasteiger partial charge in [0.2, 0.25) is 0 Å². The Kier molecular flexibility index (Phi) is 2.01. The summed E-state index contributed by atoms with van der Waals surface area (Å²) in [5.74, 6) is 0. The van der Waals surface area contributed by atoms with Crippen molar-refractivity contribution >= 4 is 28.3 Å². The molecule has 0 radical (unpaired) electrons. The lowest BCUT2D eigenvalue weighted by molar-refractivity contribution is -0.383. The maximum absolute atomic E-state index is 10.6. The van der Waals surface area contributed by atoms with Gasteiger partial charge in [-0.25, -0.2) is 4.98 Å². The number of non-ortho nitro benzene ring substituents is 1. The quantitative estimate of drug-likeness (QED) is 0.533. The van der Waals surface area contributed by atoms with Crippen LogP contribution in [0.1, 0.15) is 0 Å². The number of hydrogen-bond acceptors (Lipinski definition) is 4. The summed E-state index contributed by atoms with van der Waals surface area (Å²) in [6.45, 7) is 0. The first kappa shape index (κ1) is 8.83. The van der Waals surface area contributed by atoms with Gasteiger partial charge in [-0.05, 0) is 6.07 Å². The van der Waals surface area contributed by atoms with Crippen LogP contribution in [0.4, 0.5) is 5.69 Å². The third-order valence-corrected chi connectivity index (χ3v) is 1.90. The lowest BCUT2D eigenvalue weighted by Crippen LogP contribution is -1.92. The third-order valence-electron chi connectivity index (χ3n) is 1.72. The molecule has 2 aromatic rings. The molecule has 0 amide bonds. The number of nitrogens with zero attached hydrogens (tertiary/aromatic N) is 3. The predicted octanol–water partition coefficient (Wildman–Crippen LogP) is 2.19. The molecule has 14 heavy (non-hydrogen) atoms. The molecule has 0 bridgehead atoms. The molecule has 0 aliphatic heterocycles. The molecule has 6 heteroatoms. The van der Waals surface area contributed by atoms with Crippen molar-refractivity contribution in [3.8, 4) is 0 Å². The summed E-state index contributed by atoms with van der Waals surface area (Å²) in [5.41, 5.74) is 0.589. The first-order valence-electron chi connectivity index (χ1n) is 3.74. The van der Waals surface area contributed by atoms with Gasteiger partial charge in [0, 0.05) is 6.07 Å². The average Bonchev–Trinajstić information content (AvgIpc) is 2.16. The fourth-order valence-corrected chi connectivity index (χ4v) is 1.28. The lowest BCUT2D eigenvalue weighted by atomic mass is 10.2. The van der Waals surface area contributed by atoms with E-state index in [-0.39, 0.29) is 16.4 Å². The number of rotatable bonds is 1. The highest BCUT2D eigenvalue weighted by molar-refractivity contribution is 6.29. The van der Waals surface area contributed by atoms with Crippen LogP contribution < -0.4 is 0 Å². The maximum Gasteiger partial charge on any atom is 0.297 e. The highest BCUT2D eigenvalue weighted by Gasteiger charge is 2.13. The zero-order chi connectivity index (χ0) is 10.1. The summed E-state index contributed by atoms with van der Waals surface area (Å²) in [4.78, 5) is 17.9. The summed E-state index contributed by atoms with van der Waals surface area (Å²) >= 11 is 5.60. The molecule has 0 spiro atoms. The van der Waals surface area contributed by atoms with Crippen LogP contribution in [0, 0.1) is 10.1 Å². The molecule has 0 saturated heterocycles. The molecule has 5 nitrogen and oxygen atoms in total. The van der Waals surface area contributed by atoms with Crippen molar-refractivity contribution in [2.24, 2.45) is 0 Å². The number of para-hydroxylation sites is 1. The van der Waals surface area contributed by atoms with Gasteiger partial charge >= 0.3 is 0 Å². The Morgan fingerprint density at radius 1 is 1.43 bits per heavy atom. The fourth-order valence-electron chi connectivity index (χ4n) is 1.14. The number of hydrogen-bond donors (Lipinski definition) is 0. The van der Waals surface area contributed by atoms with Gasteiger partial charge in [0.1, 0.15) is 5.15 Å².